The first-order valence-corrected chi connectivity index (χ1v) is 11.0. The van der Waals surface area contributed by atoms with Crippen LogP contribution in [-0.2, 0) is 0 Å². The maximum absolute atomic E-state index is 3.79. The van der Waals surface area contributed by atoms with Crippen molar-refractivity contribution < 1.29 is 0 Å². The molecular weight excluding hydrogens is 325 g/mol. The molecule has 0 spiro atoms. The molecule has 2 rings (SSSR count). The van der Waals surface area contributed by atoms with Crippen LogP contribution in [0.1, 0.15) is 27.7 Å². The van der Waals surface area contributed by atoms with Crippen LogP contribution < -0.4 is 9.99 Å². The van der Waals surface area contributed by atoms with Crippen LogP contribution in [-0.4, -0.2) is 36.6 Å². The Kier molecular flexibility index (Phi) is 7.43. The van der Waals surface area contributed by atoms with Crippen LogP contribution in [0.15, 0.2) is 60.7 Å². The molecule has 0 aliphatic rings. The Morgan fingerprint density at radius 1 is 0.840 bits per heavy atom. The lowest BCUT2D eigenvalue weighted by molar-refractivity contribution is 0.163. The minimum atomic E-state index is -0.551. The summed E-state index contributed by atoms with van der Waals surface area (Å²) in [4.78, 5) is 2.54. The lowest BCUT2D eigenvalue weighted by Crippen LogP contribution is -2.56. The highest BCUT2D eigenvalue weighted by Gasteiger charge is 2.39. The highest BCUT2D eigenvalue weighted by Crippen LogP contribution is 2.55. The molecule has 0 saturated carbocycles. The van der Waals surface area contributed by atoms with Gasteiger partial charge >= 0.3 is 0 Å². The molecule has 0 aromatic heterocycles. The Balaban J connectivity index is 2.51. The van der Waals surface area contributed by atoms with Crippen molar-refractivity contribution in [3.8, 4) is 0 Å². The Labute approximate surface area is 154 Å². The second-order valence-electron chi connectivity index (χ2n) is 6.23. The number of nitrogens with zero attached hydrogens (tertiary/aromatic N) is 2. The van der Waals surface area contributed by atoms with Crippen molar-refractivity contribution in [3.05, 3.63) is 60.7 Å². The van der Waals surface area contributed by atoms with E-state index < -0.39 is 8.07 Å². The zero-order valence-electron chi connectivity index (χ0n) is 16.2. The zero-order chi connectivity index (χ0) is 18.3. The second-order valence-corrected chi connectivity index (χ2v) is 8.55. The molecule has 3 nitrogen and oxygen atoms in total. The quantitative estimate of drug-likeness (QED) is 0.474. The average molecular weight is 357 g/mol. The molecule has 25 heavy (non-hydrogen) atoms. The van der Waals surface area contributed by atoms with Gasteiger partial charge in [0, 0.05) is 19.4 Å². The summed E-state index contributed by atoms with van der Waals surface area (Å²) in [6.45, 7) is 14.4. The van der Waals surface area contributed by atoms with Gasteiger partial charge in [-0.25, -0.2) is 0 Å². The van der Waals surface area contributed by atoms with E-state index in [-0.39, 0.29) is 5.40 Å². The van der Waals surface area contributed by atoms with Crippen LogP contribution in [0.3, 0.4) is 0 Å². The Morgan fingerprint density at radius 3 is 1.64 bits per heavy atom. The van der Waals surface area contributed by atoms with Gasteiger partial charge in [0.05, 0.1) is 0 Å². The summed E-state index contributed by atoms with van der Waals surface area (Å²) in [6.07, 6.45) is 0. The average Bonchev–Trinajstić information content (AvgIpc) is 2.65. The van der Waals surface area contributed by atoms with Crippen molar-refractivity contribution in [1.29, 1.82) is 0 Å². The molecule has 2 unspecified atom stereocenters. The number of hydrogen-bond donors (Lipinski definition) is 1. The van der Waals surface area contributed by atoms with Gasteiger partial charge in [-0.15, -0.1) is 0 Å². The summed E-state index contributed by atoms with van der Waals surface area (Å²) >= 11 is 0. The summed E-state index contributed by atoms with van der Waals surface area (Å²) in [5, 5.41) is 3.72. The minimum absolute atomic E-state index is 0.0702. The molecule has 2 aromatic carbocycles. The van der Waals surface area contributed by atoms with Crippen LogP contribution in [0.2, 0.25) is 0 Å². The van der Waals surface area contributed by atoms with Gasteiger partial charge in [0.15, 0.2) is 0 Å². The van der Waals surface area contributed by atoms with Crippen LogP contribution >= 0.6 is 8.07 Å². The van der Waals surface area contributed by atoms with Gasteiger partial charge < -0.3 is 4.67 Å². The van der Waals surface area contributed by atoms with E-state index in [1.807, 2.05) is 0 Å². The number of hydrogen-bond acceptors (Lipinski definition) is 3. The fraction of sp³-hybridized carbons (Fsp3) is 0.429. The maximum atomic E-state index is 3.79. The highest BCUT2D eigenvalue weighted by molar-refractivity contribution is 7.60. The first kappa shape index (κ1) is 19.9. The zero-order valence-corrected chi connectivity index (χ0v) is 17.1. The largest absolute Gasteiger partial charge is 0.317 e. The van der Waals surface area contributed by atoms with Crippen molar-refractivity contribution in [1.82, 2.24) is 10.2 Å². The molecule has 0 heterocycles. The van der Waals surface area contributed by atoms with Crippen molar-refractivity contribution >= 4 is 19.4 Å². The summed E-state index contributed by atoms with van der Waals surface area (Å²) in [5.41, 5.74) is 2.50. The first-order chi connectivity index (χ1) is 12.1. The van der Waals surface area contributed by atoms with E-state index >= 15 is 0 Å². The molecule has 0 aliphatic carbocycles. The SMILES string of the molecule is CCNC(C)(N(CC)CC)P(C)N(c1ccccc1)c1ccccc1. The Bertz CT molecular complexity index is 576. The Morgan fingerprint density at radius 2 is 1.28 bits per heavy atom. The van der Waals surface area contributed by atoms with Gasteiger partial charge in [-0.05, 0) is 57.5 Å². The number of anilines is 2. The summed E-state index contributed by atoms with van der Waals surface area (Å²) in [6, 6.07) is 21.5. The third kappa shape index (κ3) is 4.41. The number of nitrogens with one attached hydrogen (secondary N) is 1. The van der Waals surface area contributed by atoms with E-state index in [1.165, 1.54) is 11.4 Å². The molecule has 136 valence electrons. The van der Waals surface area contributed by atoms with Gasteiger partial charge in [0.1, 0.15) is 5.40 Å². The lowest BCUT2D eigenvalue weighted by atomic mass is 10.3. The molecule has 0 aliphatic heterocycles. The van der Waals surface area contributed by atoms with Crippen LogP contribution in [0, 0.1) is 0 Å². The first-order valence-electron chi connectivity index (χ1n) is 9.22. The molecular formula is C21H32N3P. The smallest absolute Gasteiger partial charge is 0.108 e. The molecule has 0 radical (unpaired) electrons. The monoisotopic (exact) mass is 357 g/mol. The van der Waals surface area contributed by atoms with E-state index in [0.717, 1.165) is 19.6 Å². The maximum Gasteiger partial charge on any atom is 0.108 e. The third-order valence-corrected chi connectivity index (χ3v) is 7.59. The van der Waals surface area contributed by atoms with Gasteiger partial charge in [-0.2, -0.15) is 0 Å². The molecule has 0 amide bonds. The molecule has 0 saturated heterocycles. The predicted molar refractivity (Wildman–Crippen MR) is 113 cm³/mol. The van der Waals surface area contributed by atoms with E-state index in [1.54, 1.807) is 0 Å². The van der Waals surface area contributed by atoms with Crippen LogP contribution in [0.4, 0.5) is 11.4 Å². The van der Waals surface area contributed by atoms with E-state index in [9.17, 15) is 0 Å². The molecule has 0 bridgehead atoms. The van der Waals surface area contributed by atoms with Crippen molar-refractivity contribution in [2.45, 2.75) is 33.1 Å². The topological polar surface area (TPSA) is 18.5 Å². The van der Waals surface area contributed by atoms with Crippen molar-refractivity contribution in [3.63, 3.8) is 0 Å². The van der Waals surface area contributed by atoms with Gasteiger partial charge in [-0.1, -0.05) is 57.2 Å². The predicted octanol–water partition coefficient (Wildman–Crippen LogP) is 5.48. The lowest BCUT2D eigenvalue weighted by Gasteiger charge is -2.49. The van der Waals surface area contributed by atoms with E-state index in [2.05, 4.69) is 110 Å². The molecule has 2 aromatic rings. The molecule has 4 heteroatoms. The second kappa shape index (κ2) is 9.33. The number of rotatable bonds is 9. The summed E-state index contributed by atoms with van der Waals surface area (Å²) in [5.74, 6) is 0. The number of para-hydroxylation sites is 2. The Hall–Kier alpha value is -1.41. The van der Waals surface area contributed by atoms with Gasteiger partial charge in [0.25, 0.3) is 0 Å². The molecule has 1 N–H and O–H groups in total. The van der Waals surface area contributed by atoms with Crippen molar-refractivity contribution in [2.75, 3.05) is 31.0 Å². The van der Waals surface area contributed by atoms with Gasteiger partial charge in [-0.3, -0.25) is 10.2 Å². The summed E-state index contributed by atoms with van der Waals surface area (Å²) < 4.78 is 2.51. The third-order valence-electron chi connectivity index (χ3n) is 4.82. The summed E-state index contributed by atoms with van der Waals surface area (Å²) in [7, 11) is -0.551. The highest BCUT2D eigenvalue weighted by atomic mass is 31.1. The van der Waals surface area contributed by atoms with Gasteiger partial charge in [0.2, 0.25) is 0 Å². The normalized spacial score (nSPS) is 15.0. The molecule has 0 fully saturated rings. The van der Waals surface area contributed by atoms with Crippen LogP contribution in [0.25, 0.3) is 0 Å². The van der Waals surface area contributed by atoms with Crippen LogP contribution in [0.5, 0.6) is 0 Å². The fourth-order valence-corrected chi connectivity index (χ4v) is 5.86. The minimum Gasteiger partial charge on any atom is -0.317 e. The van der Waals surface area contributed by atoms with Crippen molar-refractivity contribution in [2.24, 2.45) is 0 Å². The van der Waals surface area contributed by atoms with E-state index in [0.29, 0.717) is 0 Å². The molecule has 2 atom stereocenters. The standard InChI is InChI=1S/C21H32N3P/c1-6-22-21(4,23(7-2)8-3)25(5)24(19-15-11-9-12-16-19)20-17-13-10-14-18-20/h9-18,22H,6-8H2,1-5H3. The number of benzene rings is 2. The fourth-order valence-electron chi connectivity index (χ4n) is 3.43. The van der Waals surface area contributed by atoms with E-state index in [4.69, 9.17) is 0 Å².